The Labute approximate surface area is 100.0 Å². The Kier molecular flexibility index (Phi) is 6.88. The molecule has 0 saturated carbocycles. The molecular weight excluding hydrogens is 226 g/mol. The Morgan fingerprint density at radius 3 is 2.41 bits per heavy atom. The molecule has 0 aliphatic rings. The average molecular weight is 245 g/mol. The van der Waals surface area contributed by atoms with Gasteiger partial charge in [-0.25, -0.2) is 0 Å². The molecule has 7 heteroatoms. The zero-order valence-electron chi connectivity index (χ0n) is 10.1. The molecule has 1 unspecified atom stereocenters. The van der Waals surface area contributed by atoms with Crippen molar-refractivity contribution in [1.82, 2.24) is 10.2 Å². The highest BCUT2D eigenvalue weighted by molar-refractivity contribution is 5.85. The fourth-order valence-corrected chi connectivity index (χ4v) is 1.17. The molecule has 7 nitrogen and oxygen atoms in total. The molecule has 0 aliphatic carbocycles. The smallest absolute Gasteiger partial charge is 0.308 e. The van der Waals surface area contributed by atoms with E-state index in [0.29, 0.717) is 6.54 Å². The predicted octanol–water partition coefficient (Wildman–Crippen LogP) is -1.37. The zero-order chi connectivity index (χ0) is 13.4. The van der Waals surface area contributed by atoms with Gasteiger partial charge in [-0.2, -0.15) is 0 Å². The highest BCUT2D eigenvalue weighted by Crippen LogP contribution is 2.00. The van der Waals surface area contributed by atoms with Gasteiger partial charge in [0.2, 0.25) is 11.8 Å². The third-order valence-electron chi connectivity index (χ3n) is 2.27. The van der Waals surface area contributed by atoms with Crippen LogP contribution in [0.25, 0.3) is 0 Å². The fraction of sp³-hybridized carbons (Fsp3) is 0.700. The van der Waals surface area contributed by atoms with Gasteiger partial charge in [0.25, 0.3) is 0 Å². The Morgan fingerprint density at radius 1 is 1.41 bits per heavy atom. The molecule has 4 N–H and O–H groups in total. The first-order valence-electron chi connectivity index (χ1n) is 5.39. The molecular formula is C10H19N3O4. The van der Waals surface area contributed by atoms with E-state index in [-0.39, 0.29) is 25.5 Å². The number of nitrogens with zero attached hydrogens (tertiary/aromatic N) is 1. The van der Waals surface area contributed by atoms with Crippen molar-refractivity contribution in [3.8, 4) is 0 Å². The summed E-state index contributed by atoms with van der Waals surface area (Å²) in [6.45, 7) is 3.47. The van der Waals surface area contributed by atoms with Crippen LogP contribution in [-0.2, 0) is 14.4 Å². The molecule has 0 saturated heterocycles. The van der Waals surface area contributed by atoms with Gasteiger partial charge in [-0.15, -0.1) is 0 Å². The van der Waals surface area contributed by atoms with Crippen molar-refractivity contribution >= 4 is 17.8 Å². The van der Waals surface area contributed by atoms with Crippen molar-refractivity contribution in [2.24, 2.45) is 11.7 Å². The molecule has 98 valence electrons. The molecule has 0 heterocycles. The van der Waals surface area contributed by atoms with Crippen LogP contribution in [0, 0.1) is 5.92 Å². The normalized spacial score (nSPS) is 11.7. The summed E-state index contributed by atoms with van der Waals surface area (Å²) in [5, 5.41) is 11.1. The van der Waals surface area contributed by atoms with E-state index in [1.807, 2.05) is 0 Å². The summed E-state index contributed by atoms with van der Waals surface area (Å²) in [4.78, 5) is 34.5. The number of carbonyl (C=O) groups excluding carboxylic acids is 2. The molecule has 0 fully saturated rings. The number of hydrogen-bond donors (Lipinski definition) is 3. The lowest BCUT2D eigenvalue weighted by atomic mass is 10.1. The number of likely N-dealkylation sites (N-methyl/N-ethyl adjacent to an activating group) is 1. The van der Waals surface area contributed by atoms with E-state index < -0.39 is 17.8 Å². The summed E-state index contributed by atoms with van der Waals surface area (Å²) in [6.07, 6.45) is 0. The number of nitrogens with two attached hydrogens (primary N) is 1. The van der Waals surface area contributed by atoms with Crippen molar-refractivity contribution in [1.29, 1.82) is 0 Å². The molecule has 0 aromatic carbocycles. The number of hydrogen-bond acceptors (Lipinski definition) is 4. The Balaban J connectivity index is 4.21. The molecule has 2 amide bonds. The molecule has 0 aromatic heterocycles. The summed E-state index contributed by atoms with van der Waals surface area (Å²) in [7, 11) is 0. The maximum Gasteiger partial charge on any atom is 0.308 e. The number of carbonyl (C=O) groups is 3. The standard InChI is InChI=1S/C10H19N3O4/c1-3-13(6-7(2)10(16)17)9(15)5-12-8(14)4-11/h7H,3-6,11H2,1-2H3,(H,12,14)(H,16,17). The quantitative estimate of drug-likeness (QED) is 0.512. The third kappa shape index (κ3) is 5.86. The van der Waals surface area contributed by atoms with Crippen molar-refractivity contribution in [2.45, 2.75) is 13.8 Å². The number of carboxylic acids is 1. The number of nitrogens with one attached hydrogen (secondary N) is 1. The minimum Gasteiger partial charge on any atom is -0.481 e. The van der Waals surface area contributed by atoms with E-state index in [1.54, 1.807) is 6.92 Å². The molecule has 0 aromatic rings. The van der Waals surface area contributed by atoms with Gasteiger partial charge < -0.3 is 21.1 Å². The van der Waals surface area contributed by atoms with E-state index in [1.165, 1.54) is 11.8 Å². The largest absolute Gasteiger partial charge is 0.481 e. The van der Waals surface area contributed by atoms with Gasteiger partial charge in [0, 0.05) is 13.1 Å². The third-order valence-corrected chi connectivity index (χ3v) is 2.27. The van der Waals surface area contributed by atoms with Gasteiger partial charge in [-0.05, 0) is 6.92 Å². The Morgan fingerprint density at radius 2 is 2.00 bits per heavy atom. The van der Waals surface area contributed by atoms with Gasteiger partial charge >= 0.3 is 5.97 Å². The van der Waals surface area contributed by atoms with Crippen LogP contribution in [0.4, 0.5) is 0 Å². The zero-order valence-corrected chi connectivity index (χ0v) is 10.1. The minimum atomic E-state index is -0.956. The first-order chi connectivity index (χ1) is 7.92. The predicted molar refractivity (Wildman–Crippen MR) is 61.1 cm³/mol. The SMILES string of the molecule is CCN(CC(C)C(=O)O)C(=O)CNC(=O)CN. The maximum absolute atomic E-state index is 11.6. The van der Waals surface area contributed by atoms with E-state index in [9.17, 15) is 14.4 Å². The average Bonchev–Trinajstić information content (AvgIpc) is 2.31. The highest BCUT2D eigenvalue weighted by atomic mass is 16.4. The van der Waals surface area contributed by atoms with Crippen molar-refractivity contribution in [3.05, 3.63) is 0 Å². The van der Waals surface area contributed by atoms with Crippen LogP contribution in [0.1, 0.15) is 13.8 Å². The number of amides is 2. The molecule has 0 rings (SSSR count). The lowest BCUT2D eigenvalue weighted by molar-refractivity contribution is -0.143. The summed E-state index contributed by atoms with van der Waals surface area (Å²) in [5.74, 6) is -2.32. The second-order valence-corrected chi connectivity index (χ2v) is 3.65. The first kappa shape index (κ1) is 15.4. The molecule has 0 radical (unpaired) electrons. The first-order valence-corrected chi connectivity index (χ1v) is 5.39. The second kappa shape index (κ2) is 7.61. The Bertz CT molecular complexity index is 293. The minimum absolute atomic E-state index is 0.128. The van der Waals surface area contributed by atoms with Crippen LogP contribution >= 0.6 is 0 Å². The van der Waals surface area contributed by atoms with Crippen LogP contribution in [-0.4, -0.2) is 54.0 Å². The lowest BCUT2D eigenvalue weighted by Crippen LogP contribution is -2.44. The summed E-state index contributed by atoms with van der Waals surface area (Å²) < 4.78 is 0. The number of aliphatic carboxylic acids is 1. The topological polar surface area (TPSA) is 113 Å². The van der Waals surface area contributed by atoms with Crippen LogP contribution in [0.15, 0.2) is 0 Å². The molecule has 0 spiro atoms. The number of rotatable bonds is 7. The van der Waals surface area contributed by atoms with E-state index >= 15 is 0 Å². The van der Waals surface area contributed by atoms with Gasteiger partial charge in [0.15, 0.2) is 0 Å². The molecule has 0 aliphatic heterocycles. The number of carboxylic acid groups (broad SMARTS) is 1. The fourth-order valence-electron chi connectivity index (χ4n) is 1.17. The van der Waals surface area contributed by atoms with Crippen molar-refractivity contribution in [2.75, 3.05) is 26.2 Å². The van der Waals surface area contributed by atoms with Gasteiger partial charge in [0.1, 0.15) is 0 Å². The molecule has 17 heavy (non-hydrogen) atoms. The maximum atomic E-state index is 11.6. The summed E-state index contributed by atoms with van der Waals surface area (Å²) in [5.41, 5.74) is 5.07. The highest BCUT2D eigenvalue weighted by Gasteiger charge is 2.19. The summed E-state index contributed by atoms with van der Waals surface area (Å²) in [6, 6.07) is 0. The van der Waals surface area contributed by atoms with Gasteiger partial charge in [0.05, 0.1) is 19.0 Å². The van der Waals surface area contributed by atoms with Crippen LogP contribution < -0.4 is 11.1 Å². The van der Waals surface area contributed by atoms with Gasteiger partial charge in [-0.1, -0.05) is 6.92 Å². The van der Waals surface area contributed by atoms with Crippen LogP contribution in [0.5, 0.6) is 0 Å². The van der Waals surface area contributed by atoms with E-state index in [2.05, 4.69) is 5.32 Å². The van der Waals surface area contributed by atoms with Crippen molar-refractivity contribution in [3.63, 3.8) is 0 Å². The monoisotopic (exact) mass is 245 g/mol. The van der Waals surface area contributed by atoms with Crippen molar-refractivity contribution < 1.29 is 19.5 Å². The van der Waals surface area contributed by atoms with Crippen LogP contribution in [0.3, 0.4) is 0 Å². The Hall–Kier alpha value is -1.63. The molecule has 0 bridgehead atoms. The summed E-state index contributed by atoms with van der Waals surface area (Å²) >= 11 is 0. The van der Waals surface area contributed by atoms with Crippen LogP contribution in [0.2, 0.25) is 0 Å². The van der Waals surface area contributed by atoms with Gasteiger partial charge in [-0.3, -0.25) is 14.4 Å². The van der Waals surface area contributed by atoms with E-state index in [0.717, 1.165) is 0 Å². The second-order valence-electron chi connectivity index (χ2n) is 3.65. The lowest BCUT2D eigenvalue weighted by Gasteiger charge is -2.22. The van der Waals surface area contributed by atoms with E-state index in [4.69, 9.17) is 10.8 Å². The molecule has 1 atom stereocenters.